The van der Waals surface area contributed by atoms with Crippen molar-refractivity contribution in [3.63, 3.8) is 0 Å². The van der Waals surface area contributed by atoms with Gasteiger partial charge in [-0.1, -0.05) is 11.6 Å². The van der Waals surface area contributed by atoms with E-state index in [1.54, 1.807) is 10.7 Å². The maximum atomic E-state index is 5.99. The van der Waals surface area contributed by atoms with Gasteiger partial charge >= 0.3 is 0 Å². The number of halogens is 2. The third kappa shape index (κ3) is 1.99. The molecule has 3 heterocycles. The van der Waals surface area contributed by atoms with E-state index in [1.165, 1.54) is 0 Å². The Morgan fingerprint density at radius 3 is 2.82 bits per heavy atom. The Hall–Kier alpha value is -0.910. The highest BCUT2D eigenvalue weighted by atomic mass is 35.5. The minimum Gasteiger partial charge on any atom is -0.381 e. The molecule has 0 amide bonds. The van der Waals surface area contributed by atoms with Gasteiger partial charge in [0.25, 0.3) is 0 Å². The van der Waals surface area contributed by atoms with Crippen LogP contribution in [0.4, 0.5) is 0 Å². The molecule has 2 aromatic rings. The van der Waals surface area contributed by atoms with Gasteiger partial charge in [0.15, 0.2) is 5.15 Å². The van der Waals surface area contributed by atoms with E-state index < -0.39 is 0 Å². The highest BCUT2D eigenvalue weighted by Gasteiger charge is 2.22. The van der Waals surface area contributed by atoms with E-state index in [9.17, 15) is 0 Å². The van der Waals surface area contributed by atoms with Gasteiger partial charge < -0.3 is 4.74 Å². The summed E-state index contributed by atoms with van der Waals surface area (Å²) in [7, 11) is 0. The summed E-state index contributed by atoms with van der Waals surface area (Å²) in [5, 5.41) is 4.62. The zero-order valence-corrected chi connectivity index (χ0v) is 10.4. The summed E-state index contributed by atoms with van der Waals surface area (Å²) in [4.78, 5) is 8.28. The van der Waals surface area contributed by atoms with Crippen molar-refractivity contribution in [2.75, 3.05) is 13.2 Å². The van der Waals surface area contributed by atoms with E-state index in [0.29, 0.717) is 16.6 Å². The predicted molar refractivity (Wildman–Crippen MR) is 63.6 cm³/mol. The van der Waals surface area contributed by atoms with Gasteiger partial charge in [-0.25, -0.2) is 14.5 Å². The molecule has 3 rings (SSSR count). The molecular formula is C10H10Cl2N4O. The molecule has 0 atom stereocenters. The second-order valence-corrected chi connectivity index (χ2v) is 4.67. The van der Waals surface area contributed by atoms with E-state index in [1.807, 2.05) is 0 Å². The quantitative estimate of drug-likeness (QED) is 0.800. The number of imidazole rings is 1. The van der Waals surface area contributed by atoms with E-state index in [4.69, 9.17) is 27.9 Å². The summed E-state index contributed by atoms with van der Waals surface area (Å²) in [5.41, 5.74) is 0.692. The van der Waals surface area contributed by atoms with Crippen molar-refractivity contribution in [2.24, 2.45) is 0 Å². The van der Waals surface area contributed by atoms with Crippen LogP contribution < -0.4 is 0 Å². The molecule has 0 N–H and O–H groups in total. The minimum atomic E-state index is 0.133. The van der Waals surface area contributed by atoms with Crippen molar-refractivity contribution in [1.29, 1.82) is 0 Å². The third-order valence-electron chi connectivity index (χ3n) is 2.94. The lowest BCUT2D eigenvalue weighted by Gasteiger charge is -2.20. The van der Waals surface area contributed by atoms with Gasteiger partial charge in [0.1, 0.15) is 11.3 Å². The Labute approximate surface area is 108 Å². The molecule has 1 saturated heterocycles. The standard InChI is InChI=1S/C10H10Cl2N4O/c11-8-7-5-13-9(6-1-3-17-4-2-6)16(7)15-10(12)14-8/h5-6H,1-4H2. The first-order valence-electron chi connectivity index (χ1n) is 5.40. The van der Waals surface area contributed by atoms with Gasteiger partial charge in [-0.2, -0.15) is 0 Å². The molecule has 5 nitrogen and oxygen atoms in total. The number of nitrogens with zero attached hydrogens (tertiary/aromatic N) is 4. The molecule has 0 saturated carbocycles. The largest absolute Gasteiger partial charge is 0.381 e. The normalized spacial score (nSPS) is 17.8. The maximum absolute atomic E-state index is 5.99. The van der Waals surface area contributed by atoms with Crippen molar-refractivity contribution in [1.82, 2.24) is 19.6 Å². The van der Waals surface area contributed by atoms with Crippen molar-refractivity contribution < 1.29 is 4.74 Å². The summed E-state index contributed by atoms with van der Waals surface area (Å²) in [6, 6.07) is 0. The number of aromatic nitrogens is 4. The molecule has 1 fully saturated rings. The van der Waals surface area contributed by atoms with Crippen LogP contribution in [0.3, 0.4) is 0 Å². The number of fused-ring (bicyclic) bond motifs is 1. The molecule has 0 radical (unpaired) electrons. The first-order chi connectivity index (χ1) is 8.25. The zero-order valence-electron chi connectivity index (χ0n) is 8.94. The van der Waals surface area contributed by atoms with Crippen LogP contribution in [-0.4, -0.2) is 32.8 Å². The average Bonchev–Trinajstić information content (AvgIpc) is 2.74. The molecule has 2 aromatic heterocycles. The molecule has 1 aliphatic rings. The Morgan fingerprint density at radius 1 is 1.29 bits per heavy atom. The maximum Gasteiger partial charge on any atom is 0.242 e. The lowest BCUT2D eigenvalue weighted by Crippen LogP contribution is -2.17. The summed E-state index contributed by atoms with van der Waals surface area (Å²) >= 11 is 11.8. The molecule has 0 aromatic carbocycles. The van der Waals surface area contributed by atoms with Crippen LogP contribution in [0.15, 0.2) is 6.20 Å². The second-order valence-electron chi connectivity index (χ2n) is 3.97. The fraction of sp³-hybridized carbons (Fsp3) is 0.500. The zero-order chi connectivity index (χ0) is 11.8. The Bertz CT molecular complexity index is 550. The Balaban J connectivity index is 2.10. The summed E-state index contributed by atoms with van der Waals surface area (Å²) < 4.78 is 7.02. The molecular weight excluding hydrogens is 263 g/mol. The van der Waals surface area contributed by atoms with Gasteiger partial charge in [-0.05, 0) is 24.4 Å². The van der Waals surface area contributed by atoms with Crippen LogP contribution in [-0.2, 0) is 4.74 Å². The molecule has 0 aliphatic carbocycles. The molecule has 0 unspecified atom stereocenters. The fourth-order valence-corrected chi connectivity index (χ4v) is 2.50. The smallest absolute Gasteiger partial charge is 0.242 e. The first kappa shape index (κ1) is 11.2. The Kier molecular flexibility index (Phi) is 2.90. The SMILES string of the molecule is Clc1nc(Cl)c2cnc(C3CCOCC3)n2n1. The molecule has 7 heteroatoms. The second kappa shape index (κ2) is 4.40. The van der Waals surface area contributed by atoms with Crippen LogP contribution in [0.2, 0.25) is 10.4 Å². The fourth-order valence-electron chi connectivity index (χ4n) is 2.08. The van der Waals surface area contributed by atoms with Crippen molar-refractivity contribution in [2.45, 2.75) is 18.8 Å². The monoisotopic (exact) mass is 272 g/mol. The van der Waals surface area contributed by atoms with Gasteiger partial charge in [-0.15, -0.1) is 5.10 Å². The highest BCUT2D eigenvalue weighted by Crippen LogP contribution is 2.27. The summed E-state index contributed by atoms with van der Waals surface area (Å²) in [5.74, 6) is 1.22. The highest BCUT2D eigenvalue weighted by molar-refractivity contribution is 6.34. The van der Waals surface area contributed by atoms with Gasteiger partial charge in [-0.3, -0.25) is 0 Å². The molecule has 17 heavy (non-hydrogen) atoms. The number of rotatable bonds is 1. The van der Waals surface area contributed by atoms with Gasteiger partial charge in [0, 0.05) is 19.1 Å². The molecule has 90 valence electrons. The average molecular weight is 273 g/mol. The van der Waals surface area contributed by atoms with Crippen LogP contribution in [0.25, 0.3) is 5.52 Å². The van der Waals surface area contributed by atoms with Crippen LogP contribution in [0.5, 0.6) is 0 Å². The van der Waals surface area contributed by atoms with Crippen LogP contribution >= 0.6 is 23.2 Å². The Morgan fingerprint density at radius 2 is 2.06 bits per heavy atom. The van der Waals surface area contributed by atoms with Crippen LogP contribution in [0.1, 0.15) is 24.6 Å². The van der Waals surface area contributed by atoms with E-state index in [2.05, 4.69) is 15.1 Å². The van der Waals surface area contributed by atoms with E-state index in [0.717, 1.165) is 31.9 Å². The number of hydrogen-bond donors (Lipinski definition) is 0. The van der Waals surface area contributed by atoms with Gasteiger partial charge in [0.05, 0.1) is 6.20 Å². The van der Waals surface area contributed by atoms with Gasteiger partial charge in [0.2, 0.25) is 5.28 Å². The summed E-state index contributed by atoms with van der Waals surface area (Å²) in [6.07, 6.45) is 3.57. The number of hydrogen-bond acceptors (Lipinski definition) is 4. The summed E-state index contributed by atoms with van der Waals surface area (Å²) in [6.45, 7) is 1.51. The van der Waals surface area contributed by atoms with Crippen molar-refractivity contribution in [3.05, 3.63) is 22.5 Å². The van der Waals surface area contributed by atoms with Crippen molar-refractivity contribution in [3.8, 4) is 0 Å². The molecule has 1 aliphatic heterocycles. The molecule has 0 bridgehead atoms. The molecule has 0 spiro atoms. The third-order valence-corrected chi connectivity index (χ3v) is 3.37. The lowest BCUT2D eigenvalue weighted by atomic mass is 10.00. The predicted octanol–water partition coefficient (Wildman–Crippen LogP) is 2.33. The van der Waals surface area contributed by atoms with E-state index in [-0.39, 0.29) is 5.28 Å². The van der Waals surface area contributed by atoms with Crippen molar-refractivity contribution >= 4 is 28.7 Å². The number of ether oxygens (including phenoxy) is 1. The lowest BCUT2D eigenvalue weighted by molar-refractivity contribution is 0.0832. The minimum absolute atomic E-state index is 0.133. The topological polar surface area (TPSA) is 52.3 Å². The first-order valence-corrected chi connectivity index (χ1v) is 6.15. The van der Waals surface area contributed by atoms with E-state index >= 15 is 0 Å². The van der Waals surface area contributed by atoms with Crippen LogP contribution in [0, 0.1) is 0 Å².